The topological polar surface area (TPSA) is 66.4 Å². The van der Waals surface area contributed by atoms with Gasteiger partial charge in [0.25, 0.3) is 5.91 Å². The highest BCUT2D eigenvalue weighted by atomic mass is 35.5. The maximum Gasteiger partial charge on any atom is 0.255 e. The fourth-order valence-corrected chi connectivity index (χ4v) is 1.96. The molecule has 0 aliphatic heterocycles. The van der Waals surface area contributed by atoms with E-state index in [1.807, 2.05) is 0 Å². The molecule has 2 aromatic rings. The van der Waals surface area contributed by atoms with Gasteiger partial charge in [0.15, 0.2) is 5.78 Å². The summed E-state index contributed by atoms with van der Waals surface area (Å²) in [6.45, 7) is 1.40. The van der Waals surface area contributed by atoms with Crippen LogP contribution in [-0.4, -0.2) is 16.8 Å². The third kappa shape index (κ3) is 2.97. The zero-order chi connectivity index (χ0) is 14.7. The lowest BCUT2D eigenvalue weighted by atomic mass is 10.1. The van der Waals surface area contributed by atoms with Crippen molar-refractivity contribution in [3.63, 3.8) is 0 Å². The van der Waals surface area contributed by atoms with Crippen LogP contribution in [0.5, 0.6) is 5.75 Å². The number of benzene rings is 2. The first kappa shape index (κ1) is 14.1. The van der Waals surface area contributed by atoms with Gasteiger partial charge in [-0.3, -0.25) is 9.59 Å². The molecular weight excluding hydrogens is 278 g/mol. The van der Waals surface area contributed by atoms with Crippen molar-refractivity contribution in [3.05, 3.63) is 58.6 Å². The molecule has 1 amide bonds. The van der Waals surface area contributed by atoms with Gasteiger partial charge in [-0.2, -0.15) is 0 Å². The molecule has 0 aliphatic rings. The number of nitrogens with one attached hydrogen (secondary N) is 1. The van der Waals surface area contributed by atoms with Crippen molar-refractivity contribution in [2.45, 2.75) is 6.92 Å². The van der Waals surface area contributed by atoms with Crippen molar-refractivity contribution < 1.29 is 14.7 Å². The first-order chi connectivity index (χ1) is 9.49. The Balaban J connectivity index is 2.32. The summed E-state index contributed by atoms with van der Waals surface area (Å²) < 4.78 is 0. The van der Waals surface area contributed by atoms with E-state index in [1.165, 1.54) is 31.2 Å². The Bertz CT molecular complexity index is 665. The summed E-state index contributed by atoms with van der Waals surface area (Å²) in [5, 5.41) is 12.1. The van der Waals surface area contributed by atoms with Gasteiger partial charge in [0.05, 0.1) is 10.7 Å². The molecule has 4 nitrogen and oxygen atoms in total. The van der Waals surface area contributed by atoms with Gasteiger partial charge in [-0.05, 0) is 43.3 Å². The second-order valence-corrected chi connectivity index (χ2v) is 4.63. The number of rotatable bonds is 3. The van der Waals surface area contributed by atoms with Crippen LogP contribution in [0, 0.1) is 0 Å². The van der Waals surface area contributed by atoms with Crippen LogP contribution >= 0.6 is 11.6 Å². The van der Waals surface area contributed by atoms with Crippen molar-refractivity contribution in [3.8, 4) is 5.75 Å². The predicted molar refractivity (Wildman–Crippen MR) is 77.5 cm³/mol. The van der Waals surface area contributed by atoms with E-state index in [4.69, 9.17) is 11.6 Å². The number of halogens is 1. The average Bonchev–Trinajstić information content (AvgIpc) is 2.41. The Morgan fingerprint density at radius 3 is 2.35 bits per heavy atom. The van der Waals surface area contributed by atoms with Crippen molar-refractivity contribution in [2.75, 3.05) is 5.32 Å². The van der Waals surface area contributed by atoms with Crippen LogP contribution in [0.3, 0.4) is 0 Å². The number of carbonyl (C=O) groups is 2. The van der Waals surface area contributed by atoms with Gasteiger partial charge in [-0.1, -0.05) is 17.7 Å². The molecule has 102 valence electrons. The third-order valence-corrected chi connectivity index (χ3v) is 3.08. The Kier molecular flexibility index (Phi) is 4.05. The zero-order valence-corrected chi connectivity index (χ0v) is 11.4. The predicted octanol–water partition coefficient (Wildman–Crippen LogP) is 3.50. The highest BCUT2D eigenvalue weighted by Gasteiger charge is 2.14. The lowest BCUT2D eigenvalue weighted by Gasteiger charge is -2.11. The van der Waals surface area contributed by atoms with Crippen molar-refractivity contribution in [2.24, 2.45) is 0 Å². The van der Waals surface area contributed by atoms with E-state index in [0.29, 0.717) is 21.8 Å². The maximum atomic E-state index is 12.1. The second kappa shape index (κ2) is 5.75. The summed E-state index contributed by atoms with van der Waals surface area (Å²) in [7, 11) is 0. The zero-order valence-electron chi connectivity index (χ0n) is 10.7. The van der Waals surface area contributed by atoms with Crippen LogP contribution in [0.15, 0.2) is 42.5 Å². The van der Waals surface area contributed by atoms with E-state index in [2.05, 4.69) is 5.32 Å². The number of hydrogen-bond acceptors (Lipinski definition) is 3. The van der Waals surface area contributed by atoms with Gasteiger partial charge in [-0.25, -0.2) is 0 Å². The first-order valence-corrected chi connectivity index (χ1v) is 6.26. The van der Waals surface area contributed by atoms with Crippen LogP contribution < -0.4 is 5.32 Å². The molecule has 0 radical (unpaired) electrons. The van der Waals surface area contributed by atoms with Gasteiger partial charge < -0.3 is 10.4 Å². The van der Waals surface area contributed by atoms with E-state index in [0.717, 1.165) is 0 Å². The third-order valence-electron chi connectivity index (χ3n) is 2.76. The van der Waals surface area contributed by atoms with E-state index < -0.39 is 5.91 Å². The summed E-state index contributed by atoms with van der Waals surface area (Å²) >= 11 is 6.02. The number of hydrogen-bond donors (Lipinski definition) is 2. The normalized spacial score (nSPS) is 10.1. The molecule has 5 heteroatoms. The Morgan fingerprint density at radius 1 is 1.10 bits per heavy atom. The van der Waals surface area contributed by atoms with Crippen molar-refractivity contribution in [1.29, 1.82) is 0 Å². The lowest BCUT2D eigenvalue weighted by Crippen LogP contribution is -2.14. The molecule has 0 atom stereocenters. The summed E-state index contributed by atoms with van der Waals surface area (Å²) in [6.07, 6.45) is 0. The molecule has 2 aromatic carbocycles. The molecule has 0 aromatic heterocycles. The van der Waals surface area contributed by atoms with Crippen LogP contribution in [-0.2, 0) is 0 Å². The van der Waals surface area contributed by atoms with Gasteiger partial charge in [0, 0.05) is 11.1 Å². The molecular formula is C15H12ClNO3. The minimum Gasteiger partial charge on any atom is -0.508 e. The first-order valence-electron chi connectivity index (χ1n) is 5.89. The highest BCUT2D eigenvalue weighted by molar-refractivity contribution is 6.35. The average molecular weight is 290 g/mol. The quantitative estimate of drug-likeness (QED) is 0.850. The van der Waals surface area contributed by atoms with Crippen LogP contribution in [0.2, 0.25) is 5.02 Å². The van der Waals surface area contributed by atoms with Crippen LogP contribution in [0.1, 0.15) is 27.6 Å². The number of aromatic hydroxyl groups is 1. The molecule has 0 aliphatic carbocycles. The van der Waals surface area contributed by atoms with E-state index in [9.17, 15) is 14.7 Å². The fourth-order valence-electron chi connectivity index (χ4n) is 1.74. The van der Waals surface area contributed by atoms with Crippen LogP contribution in [0.4, 0.5) is 5.69 Å². The number of anilines is 1. The van der Waals surface area contributed by atoms with Crippen molar-refractivity contribution in [1.82, 2.24) is 0 Å². The summed E-state index contributed by atoms with van der Waals surface area (Å²) in [6, 6.07) is 10.6. The largest absolute Gasteiger partial charge is 0.508 e. The highest BCUT2D eigenvalue weighted by Crippen LogP contribution is 2.27. The van der Waals surface area contributed by atoms with E-state index >= 15 is 0 Å². The summed E-state index contributed by atoms with van der Waals surface area (Å²) in [5.74, 6) is -0.516. The standard InChI is InChI=1S/C15H12ClNO3/c1-9(18)12-3-2-4-13(16)14(12)17-15(20)10-5-7-11(19)8-6-10/h2-8,19H,1H3,(H,17,20). The molecule has 20 heavy (non-hydrogen) atoms. The molecule has 0 saturated carbocycles. The van der Waals surface area contributed by atoms with Gasteiger partial charge >= 0.3 is 0 Å². The SMILES string of the molecule is CC(=O)c1cccc(Cl)c1NC(=O)c1ccc(O)cc1. The number of amides is 1. The molecule has 0 bridgehead atoms. The van der Waals surface area contributed by atoms with Gasteiger partial charge in [-0.15, -0.1) is 0 Å². The van der Waals surface area contributed by atoms with E-state index in [-0.39, 0.29) is 11.5 Å². The lowest BCUT2D eigenvalue weighted by molar-refractivity contribution is 0.101. The summed E-state index contributed by atoms with van der Waals surface area (Å²) in [4.78, 5) is 23.6. The smallest absolute Gasteiger partial charge is 0.255 e. The Morgan fingerprint density at radius 2 is 1.75 bits per heavy atom. The molecule has 0 spiro atoms. The molecule has 2 rings (SSSR count). The van der Waals surface area contributed by atoms with Gasteiger partial charge in [0.2, 0.25) is 0 Å². The van der Waals surface area contributed by atoms with Gasteiger partial charge in [0.1, 0.15) is 5.75 Å². The van der Waals surface area contributed by atoms with E-state index in [1.54, 1.807) is 18.2 Å². The Labute approximate surface area is 121 Å². The number of phenols is 1. The fraction of sp³-hybridized carbons (Fsp3) is 0.0667. The Hall–Kier alpha value is -2.33. The monoisotopic (exact) mass is 289 g/mol. The molecule has 0 fully saturated rings. The molecule has 0 unspecified atom stereocenters. The molecule has 2 N–H and O–H groups in total. The number of carbonyl (C=O) groups excluding carboxylic acids is 2. The minimum atomic E-state index is -0.402. The second-order valence-electron chi connectivity index (χ2n) is 4.22. The summed E-state index contributed by atoms with van der Waals surface area (Å²) in [5.41, 5.74) is 1.00. The molecule has 0 heterocycles. The molecule has 0 saturated heterocycles. The number of phenolic OH excluding ortho intramolecular Hbond substituents is 1. The van der Waals surface area contributed by atoms with Crippen molar-refractivity contribution >= 4 is 29.0 Å². The number of para-hydroxylation sites is 1. The maximum absolute atomic E-state index is 12.1. The minimum absolute atomic E-state index is 0.0729. The van der Waals surface area contributed by atoms with Crippen LogP contribution in [0.25, 0.3) is 0 Å². The number of Topliss-reactive ketones (excluding diaryl/α,β-unsaturated/α-hetero) is 1. The number of ketones is 1.